The van der Waals surface area contributed by atoms with Gasteiger partial charge in [-0.05, 0) is 30.2 Å². The molecule has 0 spiro atoms. The number of rotatable bonds is 3. The second kappa shape index (κ2) is 5.27. The molecule has 1 heterocycles. The van der Waals surface area contributed by atoms with Gasteiger partial charge in [0.2, 0.25) is 0 Å². The molecule has 0 amide bonds. The highest BCUT2D eigenvalue weighted by molar-refractivity contribution is 5.54. The van der Waals surface area contributed by atoms with Gasteiger partial charge in [-0.3, -0.25) is 0 Å². The number of ether oxygens (including phenoxy) is 1. The first-order valence-corrected chi connectivity index (χ1v) is 5.53. The summed E-state index contributed by atoms with van der Waals surface area (Å²) in [7, 11) is 0. The summed E-state index contributed by atoms with van der Waals surface area (Å²) in [5.74, 6) is -0.250. The van der Waals surface area contributed by atoms with E-state index in [-0.39, 0.29) is 12.4 Å². The predicted octanol–water partition coefficient (Wildman–Crippen LogP) is 1.20. The average Bonchev–Trinajstić information content (AvgIpc) is 2.31. The van der Waals surface area contributed by atoms with Crippen LogP contribution < -0.4 is 4.90 Å². The Morgan fingerprint density at radius 2 is 2.06 bits per heavy atom. The molecule has 0 atom stereocenters. The summed E-state index contributed by atoms with van der Waals surface area (Å²) in [6.45, 7) is 3.10. The zero-order chi connectivity index (χ0) is 11.4. The van der Waals surface area contributed by atoms with Crippen molar-refractivity contribution in [1.29, 1.82) is 0 Å². The number of anilines is 1. The van der Waals surface area contributed by atoms with E-state index in [0.717, 1.165) is 24.3 Å². The van der Waals surface area contributed by atoms with Crippen LogP contribution in [0.4, 0.5) is 10.1 Å². The quantitative estimate of drug-likeness (QED) is 0.839. The molecule has 1 fully saturated rings. The minimum absolute atomic E-state index is 0.0425. The molecule has 1 aromatic rings. The average molecular weight is 225 g/mol. The Labute approximate surface area is 94.4 Å². The number of hydrogen-bond donors (Lipinski definition) is 1. The van der Waals surface area contributed by atoms with Crippen LogP contribution in [0.15, 0.2) is 18.2 Å². The molecule has 1 N–H and O–H groups in total. The summed E-state index contributed by atoms with van der Waals surface area (Å²) in [6, 6.07) is 4.75. The highest BCUT2D eigenvalue weighted by Gasteiger charge is 2.14. The van der Waals surface area contributed by atoms with Crippen molar-refractivity contribution in [3.8, 4) is 0 Å². The van der Waals surface area contributed by atoms with E-state index in [9.17, 15) is 4.39 Å². The van der Waals surface area contributed by atoms with Crippen molar-refractivity contribution in [2.24, 2.45) is 0 Å². The topological polar surface area (TPSA) is 32.7 Å². The van der Waals surface area contributed by atoms with Crippen molar-refractivity contribution in [2.45, 2.75) is 6.42 Å². The highest BCUT2D eigenvalue weighted by Crippen LogP contribution is 2.23. The lowest BCUT2D eigenvalue weighted by atomic mass is 10.1. The molecule has 1 aromatic carbocycles. The number of halogens is 1. The molecular formula is C12H16FNO2. The summed E-state index contributed by atoms with van der Waals surface area (Å²) < 4.78 is 18.4. The number of benzene rings is 1. The third-order valence-electron chi connectivity index (χ3n) is 2.77. The fraction of sp³-hybridized carbons (Fsp3) is 0.500. The van der Waals surface area contributed by atoms with Gasteiger partial charge < -0.3 is 14.7 Å². The Kier molecular flexibility index (Phi) is 3.74. The van der Waals surface area contributed by atoms with Gasteiger partial charge >= 0.3 is 0 Å². The van der Waals surface area contributed by atoms with Crippen LogP contribution in [0.1, 0.15) is 5.56 Å². The number of morpholine rings is 1. The number of aliphatic hydroxyl groups is 1. The molecule has 16 heavy (non-hydrogen) atoms. The van der Waals surface area contributed by atoms with Crippen LogP contribution >= 0.6 is 0 Å². The minimum Gasteiger partial charge on any atom is -0.396 e. The van der Waals surface area contributed by atoms with Crippen LogP contribution in [0, 0.1) is 5.82 Å². The van der Waals surface area contributed by atoms with E-state index in [4.69, 9.17) is 9.84 Å². The van der Waals surface area contributed by atoms with Gasteiger partial charge in [0.25, 0.3) is 0 Å². The van der Waals surface area contributed by atoms with Crippen molar-refractivity contribution in [3.63, 3.8) is 0 Å². The van der Waals surface area contributed by atoms with Crippen molar-refractivity contribution in [2.75, 3.05) is 37.8 Å². The summed E-state index contributed by atoms with van der Waals surface area (Å²) >= 11 is 0. The molecule has 0 aromatic heterocycles. The first kappa shape index (κ1) is 11.4. The molecule has 0 unspecified atom stereocenters. The van der Waals surface area contributed by atoms with Crippen LogP contribution in [0.5, 0.6) is 0 Å². The zero-order valence-corrected chi connectivity index (χ0v) is 9.16. The molecule has 2 rings (SSSR count). The Balaban J connectivity index is 2.23. The van der Waals surface area contributed by atoms with E-state index >= 15 is 0 Å². The monoisotopic (exact) mass is 225 g/mol. The molecule has 0 bridgehead atoms. The second-order valence-corrected chi connectivity index (χ2v) is 3.85. The zero-order valence-electron chi connectivity index (χ0n) is 9.16. The van der Waals surface area contributed by atoms with Gasteiger partial charge in [-0.25, -0.2) is 4.39 Å². The van der Waals surface area contributed by atoms with Crippen molar-refractivity contribution in [3.05, 3.63) is 29.6 Å². The van der Waals surface area contributed by atoms with Crippen molar-refractivity contribution in [1.82, 2.24) is 0 Å². The van der Waals surface area contributed by atoms with Gasteiger partial charge in [-0.1, -0.05) is 0 Å². The summed E-state index contributed by atoms with van der Waals surface area (Å²) in [5.41, 5.74) is 1.88. The normalized spacial score (nSPS) is 16.5. The van der Waals surface area contributed by atoms with Crippen molar-refractivity contribution >= 4 is 5.69 Å². The third kappa shape index (κ3) is 2.51. The van der Waals surface area contributed by atoms with Crippen LogP contribution in [-0.2, 0) is 11.2 Å². The van der Waals surface area contributed by atoms with Crippen LogP contribution in [0.3, 0.4) is 0 Å². The third-order valence-corrected chi connectivity index (χ3v) is 2.77. The van der Waals surface area contributed by atoms with Crippen LogP contribution in [-0.4, -0.2) is 38.0 Å². The number of aliphatic hydroxyl groups excluding tert-OH is 1. The molecule has 0 saturated carbocycles. The van der Waals surface area contributed by atoms with Crippen molar-refractivity contribution < 1.29 is 14.2 Å². The Morgan fingerprint density at radius 3 is 2.75 bits per heavy atom. The Hall–Kier alpha value is -1.13. The molecule has 1 aliphatic rings. The molecule has 1 saturated heterocycles. The summed E-state index contributed by atoms with van der Waals surface area (Å²) in [5, 5.41) is 8.97. The fourth-order valence-corrected chi connectivity index (χ4v) is 1.99. The molecular weight excluding hydrogens is 209 g/mol. The smallest absolute Gasteiger partial charge is 0.123 e. The first-order chi connectivity index (χ1) is 7.81. The summed E-state index contributed by atoms with van der Waals surface area (Å²) in [6.07, 6.45) is 0.491. The largest absolute Gasteiger partial charge is 0.396 e. The lowest BCUT2D eigenvalue weighted by Crippen LogP contribution is -2.36. The molecule has 88 valence electrons. The maximum Gasteiger partial charge on any atom is 0.123 e. The molecule has 0 aliphatic carbocycles. The highest BCUT2D eigenvalue weighted by atomic mass is 19.1. The van der Waals surface area contributed by atoms with Gasteiger partial charge in [-0.2, -0.15) is 0 Å². The maximum atomic E-state index is 13.1. The van der Waals surface area contributed by atoms with Gasteiger partial charge in [-0.15, -0.1) is 0 Å². The van der Waals surface area contributed by atoms with Gasteiger partial charge in [0, 0.05) is 25.4 Å². The first-order valence-electron chi connectivity index (χ1n) is 5.53. The van der Waals surface area contributed by atoms with E-state index in [2.05, 4.69) is 4.90 Å². The number of hydrogen-bond acceptors (Lipinski definition) is 3. The molecule has 0 radical (unpaired) electrons. The van der Waals surface area contributed by atoms with E-state index in [1.807, 2.05) is 0 Å². The van der Waals surface area contributed by atoms with E-state index in [1.165, 1.54) is 12.1 Å². The molecule has 4 heteroatoms. The Morgan fingerprint density at radius 1 is 1.31 bits per heavy atom. The lowest BCUT2D eigenvalue weighted by Gasteiger charge is -2.30. The van der Waals surface area contributed by atoms with Crippen LogP contribution in [0.2, 0.25) is 0 Å². The van der Waals surface area contributed by atoms with E-state index in [0.29, 0.717) is 19.6 Å². The lowest BCUT2D eigenvalue weighted by molar-refractivity contribution is 0.122. The predicted molar refractivity (Wildman–Crippen MR) is 60.2 cm³/mol. The van der Waals surface area contributed by atoms with Gasteiger partial charge in [0.05, 0.1) is 13.2 Å². The Bertz CT molecular complexity index is 351. The van der Waals surface area contributed by atoms with Gasteiger partial charge in [0.1, 0.15) is 5.82 Å². The minimum atomic E-state index is -0.250. The molecule has 1 aliphatic heterocycles. The second-order valence-electron chi connectivity index (χ2n) is 3.85. The standard InChI is InChI=1S/C12H16FNO2/c13-11-1-2-12(10(9-11)3-6-15)14-4-7-16-8-5-14/h1-2,9,15H,3-8H2. The molecule has 3 nitrogen and oxygen atoms in total. The fourth-order valence-electron chi connectivity index (χ4n) is 1.99. The van der Waals surface area contributed by atoms with E-state index in [1.54, 1.807) is 6.07 Å². The summed E-state index contributed by atoms with van der Waals surface area (Å²) in [4.78, 5) is 2.17. The van der Waals surface area contributed by atoms with Crippen LogP contribution in [0.25, 0.3) is 0 Å². The number of nitrogens with zero attached hydrogens (tertiary/aromatic N) is 1. The van der Waals surface area contributed by atoms with E-state index < -0.39 is 0 Å². The SMILES string of the molecule is OCCc1cc(F)ccc1N1CCOCC1. The van der Waals surface area contributed by atoms with Gasteiger partial charge in [0.15, 0.2) is 0 Å². The maximum absolute atomic E-state index is 13.1.